The van der Waals surface area contributed by atoms with Crippen LogP contribution in [0.25, 0.3) is 94.3 Å². The van der Waals surface area contributed by atoms with Crippen LogP contribution in [0.15, 0.2) is 181 Å². The Morgan fingerprint density at radius 1 is 0.500 bits per heavy atom. The summed E-state index contributed by atoms with van der Waals surface area (Å²) in [6.07, 6.45) is 5.84. The molecule has 3 nitrogen and oxygen atoms in total. The number of nitrogens with zero attached hydrogens (tertiary/aromatic N) is 2. The van der Waals surface area contributed by atoms with Crippen molar-refractivity contribution in [2.75, 3.05) is 0 Å². The van der Waals surface area contributed by atoms with Crippen molar-refractivity contribution in [3.8, 4) is 33.6 Å². The molecular weight excluding hydrogens is 633 g/mol. The van der Waals surface area contributed by atoms with Crippen LogP contribution >= 0.6 is 0 Å². The minimum atomic E-state index is 0.884. The first-order valence-electron chi connectivity index (χ1n) is 17.7. The second-order valence-corrected chi connectivity index (χ2v) is 13.4. The van der Waals surface area contributed by atoms with E-state index in [0.717, 1.165) is 39.1 Å². The summed E-state index contributed by atoms with van der Waals surface area (Å²) in [7, 11) is 0. The predicted octanol–water partition coefficient (Wildman–Crippen LogP) is 13.5. The highest BCUT2D eigenvalue weighted by Crippen LogP contribution is 2.40. The number of rotatable bonds is 6. The number of benzene rings is 7. The number of hydrogen-bond acceptors (Lipinski definition) is 1. The largest absolute Gasteiger partial charge is 0.461 e. The number of aromatic nitrogens is 2. The van der Waals surface area contributed by atoms with Crippen LogP contribution in [0.4, 0.5) is 0 Å². The Bertz CT molecular complexity index is 3040. The molecule has 0 saturated carbocycles. The monoisotopic (exact) mass is 666 g/mol. The van der Waals surface area contributed by atoms with Crippen LogP contribution in [0.5, 0.6) is 0 Å². The molecule has 0 aliphatic rings. The summed E-state index contributed by atoms with van der Waals surface area (Å²) in [5.41, 5.74) is 13.7. The van der Waals surface area contributed by atoms with Gasteiger partial charge < -0.3 is 13.6 Å². The Morgan fingerprint density at radius 2 is 1.06 bits per heavy atom. The number of allylic oxidation sites excluding steroid dienone is 2. The maximum atomic E-state index is 6.13. The van der Waals surface area contributed by atoms with Crippen LogP contribution in [-0.4, -0.2) is 9.13 Å². The SMILES string of the molecule is C=C/C=C\c1c(C)oc2ccc(-c3ccccc3-n3c4ccccc4c4cc(-c5ccc6c(c5)c5ccccc5n6-c5ccccc5)ccc43)cc12. The molecule has 3 heterocycles. The third kappa shape index (κ3) is 4.60. The highest BCUT2D eigenvalue weighted by atomic mass is 16.3. The Labute approximate surface area is 301 Å². The van der Waals surface area contributed by atoms with Crippen LogP contribution in [-0.2, 0) is 0 Å². The molecule has 0 atom stereocenters. The quantitative estimate of drug-likeness (QED) is 0.162. The zero-order valence-corrected chi connectivity index (χ0v) is 28.8. The van der Waals surface area contributed by atoms with Gasteiger partial charge in [-0.15, -0.1) is 0 Å². The molecule has 0 aliphatic carbocycles. The standard InChI is InChI=1S/C49H34N2O/c1-3-4-16-37-32(2)52-49-28-25-35(31-43(37)49)38-17-8-11-20-44(38)51-46-22-13-10-19-40(46)42-30-34(24-27-48(42)51)33-23-26-47-41(29-33)39-18-9-12-21-45(39)50(47)36-14-6-5-7-15-36/h3-31H,1H2,2H3/b16-4-. The average Bonchev–Trinajstić information content (AvgIpc) is 3.82. The Hall–Kier alpha value is -6.84. The topological polar surface area (TPSA) is 23.0 Å². The zero-order valence-electron chi connectivity index (χ0n) is 28.8. The van der Waals surface area contributed by atoms with Gasteiger partial charge in [0, 0.05) is 43.7 Å². The van der Waals surface area contributed by atoms with Crippen molar-refractivity contribution >= 4 is 60.7 Å². The molecule has 0 N–H and O–H groups in total. The summed E-state index contributed by atoms with van der Waals surface area (Å²) >= 11 is 0. The van der Waals surface area contributed by atoms with E-state index in [0.29, 0.717) is 0 Å². The summed E-state index contributed by atoms with van der Waals surface area (Å²) in [6.45, 7) is 5.88. The molecule has 3 aromatic heterocycles. The summed E-state index contributed by atoms with van der Waals surface area (Å²) in [4.78, 5) is 0. The fourth-order valence-electron chi connectivity index (χ4n) is 8.11. The van der Waals surface area contributed by atoms with E-state index in [9.17, 15) is 0 Å². The number of para-hydroxylation sites is 4. The van der Waals surface area contributed by atoms with Gasteiger partial charge in [-0.05, 0) is 90.3 Å². The number of aryl methyl sites for hydroxylation is 1. The lowest BCUT2D eigenvalue weighted by molar-refractivity contribution is 0.577. The van der Waals surface area contributed by atoms with E-state index < -0.39 is 0 Å². The molecule has 0 radical (unpaired) electrons. The Kier molecular flexibility index (Phi) is 6.87. The van der Waals surface area contributed by atoms with Crippen molar-refractivity contribution in [2.45, 2.75) is 6.92 Å². The van der Waals surface area contributed by atoms with Crippen molar-refractivity contribution in [2.24, 2.45) is 0 Å². The minimum Gasteiger partial charge on any atom is -0.461 e. The number of furan rings is 1. The summed E-state index contributed by atoms with van der Waals surface area (Å²) < 4.78 is 10.9. The van der Waals surface area contributed by atoms with Crippen LogP contribution in [0.3, 0.4) is 0 Å². The van der Waals surface area contributed by atoms with E-state index in [-0.39, 0.29) is 0 Å². The lowest BCUT2D eigenvalue weighted by atomic mass is 9.99. The lowest BCUT2D eigenvalue weighted by Gasteiger charge is -2.14. The van der Waals surface area contributed by atoms with E-state index in [1.54, 1.807) is 6.08 Å². The van der Waals surface area contributed by atoms with Gasteiger partial charge in [-0.3, -0.25) is 0 Å². The molecule has 10 aromatic rings. The van der Waals surface area contributed by atoms with Gasteiger partial charge in [0.1, 0.15) is 11.3 Å². The van der Waals surface area contributed by atoms with Crippen LogP contribution < -0.4 is 0 Å². The molecule has 0 saturated heterocycles. The number of hydrogen-bond donors (Lipinski definition) is 0. The van der Waals surface area contributed by atoms with Crippen molar-refractivity contribution in [3.63, 3.8) is 0 Å². The first-order valence-corrected chi connectivity index (χ1v) is 17.7. The van der Waals surface area contributed by atoms with E-state index >= 15 is 0 Å². The minimum absolute atomic E-state index is 0.884. The third-order valence-corrected chi connectivity index (χ3v) is 10.5. The first-order chi connectivity index (χ1) is 25.7. The highest BCUT2D eigenvalue weighted by Gasteiger charge is 2.18. The fraction of sp³-hybridized carbons (Fsp3) is 0.0204. The van der Waals surface area contributed by atoms with Crippen LogP contribution in [0.2, 0.25) is 0 Å². The average molecular weight is 667 g/mol. The number of fused-ring (bicyclic) bond motifs is 7. The van der Waals surface area contributed by atoms with Crippen molar-refractivity contribution in [3.05, 3.63) is 188 Å². The molecule has 0 bridgehead atoms. The summed E-state index contributed by atoms with van der Waals surface area (Å²) in [6, 6.07) is 57.2. The maximum absolute atomic E-state index is 6.13. The second-order valence-electron chi connectivity index (χ2n) is 13.4. The van der Waals surface area contributed by atoms with Crippen molar-refractivity contribution < 1.29 is 4.42 Å². The molecule has 246 valence electrons. The first kappa shape index (κ1) is 30.0. The Balaban J connectivity index is 1.15. The molecule has 0 unspecified atom stereocenters. The fourth-order valence-corrected chi connectivity index (χ4v) is 8.11. The zero-order chi connectivity index (χ0) is 34.8. The second kappa shape index (κ2) is 11.9. The molecule has 0 fully saturated rings. The predicted molar refractivity (Wildman–Crippen MR) is 220 cm³/mol. The van der Waals surface area contributed by atoms with Gasteiger partial charge >= 0.3 is 0 Å². The molecule has 0 aliphatic heterocycles. The van der Waals surface area contributed by atoms with Gasteiger partial charge in [0.15, 0.2) is 0 Å². The smallest absolute Gasteiger partial charge is 0.134 e. The molecule has 0 spiro atoms. The van der Waals surface area contributed by atoms with E-state index in [2.05, 4.69) is 180 Å². The molecule has 3 heteroatoms. The molecule has 52 heavy (non-hydrogen) atoms. The van der Waals surface area contributed by atoms with Gasteiger partial charge in [-0.2, -0.15) is 0 Å². The molecule has 0 amide bonds. The third-order valence-electron chi connectivity index (χ3n) is 10.5. The van der Waals surface area contributed by atoms with Crippen molar-refractivity contribution in [1.29, 1.82) is 0 Å². The van der Waals surface area contributed by atoms with Gasteiger partial charge in [0.2, 0.25) is 0 Å². The normalized spacial score (nSPS) is 11.9. The van der Waals surface area contributed by atoms with Gasteiger partial charge in [-0.1, -0.05) is 116 Å². The lowest BCUT2D eigenvalue weighted by Crippen LogP contribution is -1.97. The highest BCUT2D eigenvalue weighted by molar-refractivity contribution is 6.13. The molecular formula is C49H34N2O. The van der Waals surface area contributed by atoms with E-state index in [1.807, 2.05) is 13.0 Å². The molecule has 7 aromatic carbocycles. The van der Waals surface area contributed by atoms with Crippen LogP contribution in [0.1, 0.15) is 11.3 Å². The van der Waals surface area contributed by atoms with Crippen LogP contribution in [0, 0.1) is 6.92 Å². The van der Waals surface area contributed by atoms with Gasteiger partial charge in [0.25, 0.3) is 0 Å². The van der Waals surface area contributed by atoms with E-state index in [4.69, 9.17) is 4.42 Å². The maximum Gasteiger partial charge on any atom is 0.134 e. The van der Waals surface area contributed by atoms with Gasteiger partial charge in [-0.25, -0.2) is 0 Å². The van der Waals surface area contributed by atoms with Crippen molar-refractivity contribution in [1.82, 2.24) is 9.13 Å². The summed E-state index contributed by atoms with van der Waals surface area (Å²) in [5, 5.41) is 6.06. The molecule has 10 rings (SSSR count). The summed E-state index contributed by atoms with van der Waals surface area (Å²) in [5.74, 6) is 0.901. The Morgan fingerprint density at radius 3 is 1.77 bits per heavy atom. The van der Waals surface area contributed by atoms with E-state index in [1.165, 1.54) is 60.4 Å². The van der Waals surface area contributed by atoms with Gasteiger partial charge in [0.05, 0.1) is 27.8 Å².